The number of aryl methyl sites for hydroxylation is 1. The molecule has 1 amide bonds. The minimum atomic E-state index is -0.146. The van der Waals surface area contributed by atoms with Crippen LogP contribution in [0.3, 0.4) is 0 Å². The maximum Gasteiger partial charge on any atom is 0.222 e. The molecule has 2 aliphatic heterocycles. The third-order valence-corrected chi connectivity index (χ3v) is 7.43. The molecule has 0 radical (unpaired) electrons. The maximum absolute atomic E-state index is 14.5. The molecule has 0 aliphatic carbocycles. The molecular weight excluding hydrogens is 415 g/mol. The first-order valence-corrected chi connectivity index (χ1v) is 12.5. The number of ether oxygens (including phenoxy) is 1. The van der Waals surface area contributed by atoms with Crippen LogP contribution in [-0.4, -0.2) is 48.5 Å². The summed E-state index contributed by atoms with van der Waals surface area (Å²) < 4.78 is 20.7. The van der Waals surface area contributed by atoms with Crippen molar-refractivity contribution in [1.29, 1.82) is 0 Å². The molecular formula is C28H37FN2O2. The number of hydrogen-bond acceptors (Lipinski definition) is 3. The summed E-state index contributed by atoms with van der Waals surface area (Å²) >= 11 is 0. The van der Waals surface area contributed by atoms with Crippen LogP contribution in [0.2, 0.25) is 0 Å². The van der Waals surface area contributed by atoms with Gasteiger partial charge in [0.1, 0.15) is 18.2 Å². The Morgan fingerprint density at radius 2 is 1.76 bits per heavy atom. The van der Waals surface area contributed by atoms with E-state index in [1.165, 1.54) is 5.56 Å². The number of nitrogens with zero attached hydrogens (tertiary/aromatic N) is 2. The van der Waals surface area contributed by atoms with E-state index in [9.17, 15) is 9.18 Å². The number of rotatable bonds is 3. The molecule has 1 fully saturated rings. The van der Waals surface area contributed by atoms with E-state index in [2.05, 4.69) is 23.1 Å². The fourth-order valence-electron chi connectivity index (χ4n) is 5.45. The van der Waals surface area contributed by atoms with Crippen molar-refractivity contribution in [1.82, 2.24) is 9.80 Å². The molecule has 4 nitrogen and oxygen atoms in total. The predicted molar refractivity (Wildman–Crippen MR) is 130 cm³/mol. The monoisotopic (exact) mass is 452 g/mol. The Kier molecular flexibility index (Phi) is 8.02. The number of para-hydroxylation sites is 1. The SMILES string of the molecule is CCC(=O)N1CCC2(CCCCc3ccccc3OCCN(Cc3ccccc3F)C2)CC1. The lowest BCUT2D eigenvalue weighted by Crippen LogP contribution is -2.48. The number of hydrogen-bond donors (Lipinski definition) is 0. The fourth-order valence-corrected chi connectivity index (χ4v) is 5.45. The molecule has 178 valence electrons. The molecule has 0 atom stereocenters. The van der Waals surface area contributed by atoms with Gasteiger partial charge in [-0.15, -0.1) is 0 Å². The lowest BCUT2D eigenvalue weighted by molar-refractivity contribution is -0.133. The number of carbonyl (C=O) groups excluding carboxylic acids is 1. The molecule has 2 heterocycles. The van der Waals surface area contributed by atoms with Crippen molar-refractivity contribution in [2.75, 3.05) is 32.8 Å². The van der Waals surface area contributed by atoms with Crippen LogP contribution in [0, 0.1) is 11.2 Å². The topological polar surface area (TPSA) is 32.8 Å². The molecule has 4 rings (SSSR count). The molecule has 1 saturated heterocycles. The molecule has 0 aromatic heterocycles. The van der Waals surface area contributed by atoms with Gasteiger partial charge in [0.15, 0.2) is 0 Å². The molecule has 0 unspecified atom stereocenters. The van der Waals surface area contributed by atoms with Crippen LogP contribution in [0.5, 0.6) is 5.75 Å². The van der Waals surface area contributed by atoms with Crippen molar-refractivity contribution in [2.45, 2.75) is 58.4 Å². The Labute approximate surface area is 197 Å². The summed E-state index contributed by atoms with van der Waals surface area (Å²) in [5.41, 5.74) is 2.17. The van der Waals surface area contributed by atoms with Gasteiger partial charge in [0.05, 0.1) is 0 Å². The van der Waals surface area contributed by atoms with Crippen LogP contribution in [-0.2, 0) is 17.8 Å². The minimum Gasteiger partial charge on any atom is -0.492 e. The number of carbonyl (C=O) groups is 1. The summed E-state index contributed by atoms with van der Waals surface area (Å²) in [6.45, 7) is 6.44. The number of piperidine rings is 1. The molecule has 33 heavy (non-hydrogen) atoms. The van der Waals surface area contributed by atoms with Crippen LogP contribution >= 0.6 is 0 Å². The number of benzene rings is 2. The summed E-state index contributed by atoms with van der Waals surface area (Å²) in [4.78, 5) is 16.7. The third-order valence-electron chi connectivity index (χ3n) is 7.43. The van der Waals surface area contributed by atoms with Crippen LogP contribution < -0.4 is 4.74 Å². The average molecular weight is 453 g/mol. The van der Waals surface area contributed by atoms with Gasteiger partial charge in [-0.25, -0.2) is 4.39 Å². The molecule has 0 bridgehead atoms. The highest BCUT2D eigenvalue weighted by molar-refractivity contribution is 5.75. The van der Waals surface area contributed by atoms with E-state index < -0.39 is 0 Å². The first-order chi connectivity index (χ1) is 16.1. The van der Waals surface area contributed by atoms with Gasteiger partial charge in [-0.1, -0.05) is 49.7 Å². The van der Waals surface area contributed by atoms with Gasteiger partial charge >= 0.3 is 0 Å². The number of likely N-dealkylation sites (tertiary alicyclic amines) is 1. The Hall–Kier alpha value is -2.40. The molecule has 2 aromatic rings. The second-order valence-corrected chi connectivity index (χ2v) is 9.70. The minimum absolute atomic E-state index is 0.146. The second kappa shape index (κ2) is 11.1. The first kappa shape index (κ1) is 23.7. The summed E-state index contributed by atoms with van der Waals surface area (Å²) in [7, 11) is 0. The average Bonchev–Trinajstić information content (AvgIpc) is 2.83. The van der Waals surface area contributed by atoms with Crippen molar-refractivity contribution in [3.05, 3.63) is 65.5 Å². The first-order valence-electron chi connectivity index (χ1n) is 12.5. The fraction of sp³-hybridized carbons (Fsp3) is 0.536. The molecule has 2 aromatic carbocycles. The van der Waals surface area contributed by atoms with Crippen molar-refractivity contribution in [3.8, 4) is 5.75 Å². The van der Waals surface area contributed by atoms with Crippen LogP contribution in [0.4, 0.5) is 4.39 Å². The molecule has 2 aliphatic rings. The zero-order valence-electron chi connectivity index (χ0n) is 19.9. The lowest BCUT2D eigenvalue weighted by atomic mass is 9.73. The summed E-state index contributed by atoms with van der Waals surface area (Å²) in [6.07, 6.45) is 7.08. The summed E-state index contributed by atoms with van der Waals surface area (Å²) in [6, 6.07) is 15.4. The zero-order valence-corrected chi connectivity index (χ0v) is 19.9. The highest BCUT2D eigenvalue weighted by Gasteiger charge is 2.37. The van der Waals surface area contributed by atoms with E-state index in [-0.39, 0.29) is 17.1 Å². The standard InChI is InChI=1S/C28H37FN2O2/c1-2-27(32)31-17-15-28(16-18-31)14-8-7-10-23-9-4-6-13-26(23)33-20-19-30(22-28)21-24-11-3-5-12-25(24)29/h3-6,9,11-13H,2,7-8,10,14-22H2,1H3. The number of halogens is 1. The maximum atomic E-state index is 14.5. The summed E-state index contributed by atoms with van der Waals surface area (Å²) in [5, 5.41) is 0. The number of amides is 1. The van der Waals surface area contributed by atoms with Gasteiger partial charge < -0.3 is 9.64 Å². The zero-order chi connectivity index (χ0) is 23.1. The third kappa shape index (κ3) is 6.14. The Bertz CT molecular complexity index is 924. The van der Waals surface area contributed by atoms with E-state index in [1.807, 2.05) is 30.0 Å². The Morgan fingerprint density at radius 1 is 1.00 bits per heavy atom. The highest BCUT2D eigenvalue weighted by Crippen LogP contribution is 2.39. The van der Waals surface area contributed by atoms with Crippen molar-refractivity contribution < 1.29 is 13.9 Å². The van der Waals surface area contributed by atoms with Gasteiger partial charge in [0.25, 0.3) is 0 Å². The smallest absolute Gasteiger partial charge is 0.222 e. The van der Waals surface area contributed by atoms with E-state index >= 15 is 0 Å². The van der Waals surface area contributed by atoms with Crippen molar-refractivity contribution in [3.63, 3.8) is 0 Å². The van der Waals surface area contributed by atoms with Gasteiger partial charge in [-0.2, -0.15) is 0 Å². The molecule has 0 N–H and O–H groups in total. The second-order valence-electron chi connectivity index (χ2n) is 9.70. The van der Waals surface area contributed by atoms with Crippen molar-refractivity contribution in [2.24, 2.45) is 5.41 Å². The molecule has 0 saturated carbocycles. The van der Waals surface area contributed by atoms with Gasteiger partial charge in [-0.3, -0.25) is 9.69 Å². The molecule has 5 heteroatoms. The van der Waals surface area contributed by atoms with E-state index in [0.29, 0.717) is 19.6 Å². The summed E-state index contributed by atoms with van der Waals surface area (Å²) in [5.74, 6) is 1.09. The van der Waals surface area contributed by atoms with Crippen LogP contribution in [0.15, 0.2) is 48.5 Å². The van der Waals surface area contributed by atoms with E-state index in [1.54, 1.807) is 12.1 Å². The largest absolute Gasteiger partial charge is 0.492 e. The predicted octanol–water partition coefficient (Wildman–Crippen LogP) is 5.45. The lowest BCUT2D eigenvalue weighted by Gasteiger charge is -2.45. The van der Waals surface area contributed by atoms with Crippen LogP contribution in [0.25, 0.3) is 0 Å². The van der Waals surface area contributed by atoms with Gasteiger partial charge in [0.2, 0.25) is 5.91 Å². The van der Waals surface area contributed by atoms with Gasteiger partial charge in [0, 0.05) is 44.7 Å². The highest BCUT2D eigenvalue weighted by atomic mass is 19.1. The quantitative estimate of drug-likeness (QED) is 0.621. The van der Waals surface area contributed by atoms with E-state index in [0.717, 1.165) is 76.0 Å². The molecule has 1 spiro atoms. The normalized spacial score (nSPS) is 19.8. The Balaban J connectivity index is 1.54. The van der Waals surface area contributed by atoms with Crippen molar-refractivity contribution >= 4 is 5.91 Å². The van der Waals surface area contributed by atoms with Crippen LogP contribution in [0.1, 0.15) is 56.6 Å². The van der Waals surface area contributed by atoms with E-state index in [4.69, 9.17) is 4.74 Å². The van der Waals surface area contributed by atoms with Gasteiger partial charge in [-0.05, 0) is 55.2 Å². The number of fused-ring (bicyclic) bond motifs is 1. The Morgan fingerprint density at radius 3 is 2.55 bits per heavy atom.